The maximum atomic E-state index is 5.64. The van der Waals surface area contributed by atoms with Gasteiger partial charge in [-0.15, -0.1) is 0 Å². The average Bonchev–Trinajstić information content (AvgIpc) is 1.85. The molecule has 1 rings (SSSR count). The molecule has 0 aliphatic heterocycles. The monoisotopic (exact) mass is 342 g/mol. The van der Waals surface area contributed by atoms with E-state index in [2.05, 4.69) is 43.6 Å². The van der Waals surface area contributed by atoms with E-state index in [0.29, 0.717) is 0 Å². The first-order chi connectivity index (χ1) is 5.08. The van der Waals surface area contributed by atoms with Crippen molar-refractivity contribution < 1.29 is 4.43 Å². The molecular formula is C7H8BrIOSi. The van der Waals surface area contributed by atoms with Gasteiger partial charge in [0, 0.05) is 0 Å². The summed E-state index contributed by atoms with van der Waals surface area (Å²) in [5, 5.41) is 0. The van der Waals surface area contributed by atoms with Crippen molar-refractivity contribution in [3.63, 3.8) is 0 Å². The molecule has 1 aromatic carbocycles. The molecule has 0 fully saturated rings. The number of hydrogen-bond donors (Lipinski definition) is 0. The zero-order chi connectivity index (χ0) is 8.32. The van der Waals surface area contributed by atoms with Gasteiger partial charge in [0.1, 0.15) is 5.75 Å². The number of hydrogen-bond acceptors (Lipinski definition) is 1. The quantitative estimate of drug-likeness (QED) is 0.454. The first kappa shape index (κ1) is 9.53. The van der Waals surface area contributed by atoms with Gasteiger partial charge in [0.05, 0.1) is 0 Å². The number of para-hydroxylation sites is 1. The number of halogens is 2. The lowest BCUT2D eigenvalue weighted by Gasteiger charge is -2.14. The van der Waals surface area contributed by atoms with Crippen LogP contribution < -0.4 is 4.43 Å². The van der Waals surface area contributed by atoms with E-state index in [4.69, 9.17) is 4.43 Å². The minimum atomic E-state index is -1.62. The third kappa shape index (κ3) is 4.12. The van der Waals surface area contributed by atoms with Crippen molar-refractivity contribution in [2.24, 2.45) is 0 Å². The number of benzene rings is 1. The van der Waals surface area contributed by atoms with E-state index in [1.54, 1.807) is 0 Å². The van der Waals surface area contributed by atoms with Gasteiger partial charge in [0.2, 0.25) is 0 Å². The van der Waals surface area contributed by atoms with Crippen LogP contribution in [0.15, 0.2) is 30.3 Å². The molecule has 0 saturated heterocycles. The van der Waals surface area contributed by atoms with E-state index in [9.17, 15) is 0 Å². The first-order valence-corrected chi connectivity index (χ1v) is 11.0. The van der Waals surface area contributed by atoms with E-state index in [-0.39, 0.29) is 0 Å². The summed E-state index contributed by atoms with van der Waals surface area (Å²) in [6.45, 7) is 2.08. The standard InChI is InChI=1S/C7H8BrIOSi/c1-11(8,9)10-7-5-3-2-4-6-7/h2-6H,1H3. The molecule has 1 atom stereocenters. The van der Waals surface area contributed by atoms with Crippen molar-refractivity contribution in [2.45, 2.75) is 6.55 Å². The van der Waals surface area contributed by atoms with E-state index in [0.717, 1.165) is 5.75 Å². The molecule has 0 aliphatic rings. The normalized spacial score (nSPS) is 15.5. The van der Waals surface area contributed by atoms with Gasteiger partial charge in [-0.2, -0.15) is 0 Å². The van der Waals surface area contributed by atoms with Gasteiger partial charge < -0.3 is 4.43 Å². The Morgan fingerprint density at radius 1 is 1.36 bits per heavy atom. The Bertz CT molecular complexity index is 222. The summed E-state index contributed by atoms with van der Waals surface area (Å²) in [7, 11) is 0. The summed E-state index contributed by atoms with van der Waals surface area (Å²) >= 11 is 5.83. The van der Waals surface area contributed by atoms with Crippen LogP contribution in [0.4, 0.5) is 0 Å². The Labute approximate surface area is 88.1 Å². The molecule has 0 spiro atoms. The van der Waals surface area contributed by atoms with Crippen molar-refractivity contribution >= 4 is 41.5 Å². The highest BCUT2D eigenvalue weighted by molar-refractivity contribution is 14.1. The lowest BCUT2D eigenvalue weighted by atomic mass is 10.3. The van der Waals surface area contributed by atoms with Crippen LogP contribution in [0.1, 0.15) is 0 Å². The fourth-order valence-electron chi connectivity index (χ4n) is 0.695. The summed E-state index contributed by atoms with van der Waals surface area (Å²) in [6, 6.07) is 9.85. The fourth-order valence-corrected chi connectivity index (χ4v) is 2.57. The van der Waals surface area contributed by atoms with Gasteiger partial charge in [-0.05, 0) is 18.7 Å². The summed E-state index contributed by atoms with van der Waals surface area (Å²) in [5.41, 5.74) is 0. The Morgan fingerprint density at radius 3 is 2.36 bits per heavy atom. The summed E-state index contributed by atoms with van der Waals surface area (Å²) < 4.78 is 4.03. The van der Waals surface area contributed by atoms with E-state index in [1.807, 2.05) is 30.3 Å². The second kappa shape index (κ2) is 3.91. The maximum Gasteiger partial charge on any atom is 0.384 e. The maximum absolute atomic E-state index is 5.64. The van der Waals surface area contributed by atoms with Gasteiger partial charge in [-0.3, -0.25) is 0 Å². The minimum absolute atomic E-state index is 0.938. The van der Waals surface area contributed by atoms with Crippen molar-refractivity contribution in [2.75, 3.05) is 0 Å². The smallest absolute Gasteiger partial charge is 0.384 e. The Hall–Kier alpha value is 0.447. The summed E-state index contributed by atoms with van der Waals surface area (Å²) in [4.78, 5) is 0. The molecule has 1 unspecified atom stereocenters. The van der Waals surface area contributed by atoms with Crippen LogP contribution in [0.25, 0.3) is 0 Å². The Kier molecular flexibility index (Phi) is 3.39. The van der Waals surface area contributed by atoms with Gasteiger partial charge in [-0.25, -0.2) is 0 Å². The van der Waals surface area contributed by atoms with E-state index >= 15 is 0 Å². The molecule has 60 valence electrons. The zero-order valence-corrected chi connectivity index (χ0v) is 10.8. The minimum Gasteiger partial charge on any atom is -0.525 e. The Balaban J connectivity index is 2.66. The van der Waals surface area contributed by atoms with Gasteiger partial charge in [0.25, 0.3) is 0 Å². The molecule has 0 amide bonds. The van der Waals surface area contributed by atoms with Crippen molar-refractivity contribution in [1.82, 2.24) is 0 Å². The highest BCUT2D eigenvalue weighted by Crippen LogP contribution is 2.24. The van der Waals surface area contributed by atoms with Crippen LogP contribution in [0, 0.1) is 0 Å². The van der Waals surface area contributed by atoms with Crippen LogP contribution >= 0.6 is 37.1 Å². The predicted octanol–water partition coefficient (Wildman–Crippen LogP) is 3.46. The fraction of sp³-hybridized carbons (Fsp3) is 0.143. The van der Waals surface area contributed by atoms with Crippen LogP contribution in [0.2, 0.25) is 6.55 Å². The van der Waals surface area contributed by atoms with Crippen molar-refractivity contribution in [3.05, 3.63) is 30.3 Å². The van der Waals surface area contributed by atoms with E-state index in [1.165, 1.54) is 0 Å². The average molecular weight is 343 g/mol. The molecule has 0 saturated carbocycles. The van der Waals surface area contributed by atoms with Gasteiger partial charge in [0.15, 0.2) is 0 Å². The molecule has 0 bridgehead atoms. The highest BCUT2D eigenvalue weighted by atomic mass is 127. The third-order valence-corrected chi connectivity index (χ3v) is 2.78. The van der Waals surface area contributed by atoms with Crippen LogP contribution in [0.3, 0.4) is 0 Å². The largest absolute Gasteiger partial charge is 0.525 e. The molecule has 0 aliphatic carbocycles. The first-order valence-electron chi connectivity index (χ1n) is 3.20. The number of rotatable bonds is 2. The van der Waals surface area contributed by atoms with Crippen molar-refractivity contribution in [1.29, 1.82) is 0 Å². The molecular weight excluding hydrogens is 335 g/mol. The third-order valence-electron chi connectivity index (χ3n) is 1.04. The van der Waals surface area contributed by atoms with Gasteiger partial charge >= 0.3 is 4.43 Å². The van der Waals surface area contributed by atoms with E-state index < -0.39 is 4.43 Å². The summed E-state index contributed by atoms with van der Waals surface area (Å²) in [5.74, 6) is 0.938. The topological polar surface area (TPSA) is 9.23 Å². The van der Waals surface area contributed by atoms with Crippen LogP contribution in [-0.2, 0) is 0 Å². The van der Waals surface area contributed by atoms with Crippen molar-refractivity contribution in [3.8, 4) is 5.75 Å². The lowest BCUT2D eigenvalue weighted by Crippen LogP contribution is -2.21. The molecule has 0 N–H and O–H groups in total. The second-order valence-electron chi connectivity index (χ2n) is 2.22. The molecule has 0 heterocycles. The molecule has 11 heavy (non-hydrogen) atoms. The van der Waals surface area contributed by atoms with Crippen LogP contribution in [0.5, 0.6) is 5.75 Å². The van der Waals surface area contributed by atoms with Gasteiger partial charge in [-0.1, -0.05) is 55.3 Å². The van der Waals surface area contributed by atoms with Crippen LogP contribution in [-0.4, -0.2) is 4.43 Å². The predicted molar refractivity (Wildman–Crippen MR) is 61.6 cm³/mol. The molecule has 1 nitrogen and oxygen atoms in total. The SMILES string of the molecule is C[Si](Br)(I)Oc1ccccc1. The second-order valence-corrected chi connectivity index (χ2v) is 19.2. The molecule has 4 heteroatoms. The zero-order valence-electron chi connectivity index (χ0n) is 6.05. The molecule has 0 radical (unpaired) electrons. The summed E-state index contributed by atoms with van der Waals surface area (Å²) in [6.07, 6.45) is 0. The Morgan fingerprint density at radius 2 is 1.91 bits per heavy atom. The molecule has 1 aromatic rings. The lowest BCUT2D eigenvalue weighted by molar-refractivity contribution is 0.592. The molecule has 0 aromatic heterocycles. The highest BCUT2D eigenvalue weighted by Gasteiger charge is 2.21.